The van der Waals surface area contributed by atoms with Crippen LogP contribution < -0.4 is 5.32 Å². The van der Waals surface area contributed by atoms with Crippen molar-refractivity contribution >= 4 is 12.0 Å². The summed E-state index contributed by atoms with van der Waals surface area (Å²) < 4.78 is 0. The minimum absolute atomic E-state index is 0.304. The zero-order chi connectivity index (χ0) is 11.5. The van der Waals surface area contributed by atoms with E-state index in [1.807, 2.05) is 6.92 Å². The lowest BCUT2D eigenvalue weighted by Gasteiger charge is -2.28. The van der Waals surface area contributed by atoms with E-state index in [4.69, 9.17) is 5.11 Å². The molecule has 15 heavy (non-hydrogen) atoms. The van der Waals surface area contributed by atoms with Gasteiger partial charge >= 0.3 is 12.0 Å². The van der Waals surface area contributed by atoms with Gasteiger partial charge in [0.15, 0.2) is 0 Å². The molecule has 0 aromatic rings. The largest absolute Gasteiger partial charge is 0.480 e. The van der Waals surface area contributed by atoms with Crippen molar-refractivity contribution in [3.63, 3.8) is 0 Å². The molecule has 5 nitrogen and oxygen atoms in total. The lowest BCUT2D eigenvalue weighted by atomic mass is 9.98. The molecular formula is C10H18N2O3. The number of carbonyl (C=O) groups excluding carboxylic acids is 1. The number of carboxylic acid groups (broad SMARTS) is 1. The summed E-state index contributed by atoms with van der Waals surface area (Å²) in [6.45, 7) is 2.42. The minimum atomic E-state index is -1.03. The van der Waals surface area contributed by atoms with Crippen LogP contribution in [-0.2, 0) is 4.79 Å². The van der Waals surface area contributed by atoms with Gasteiger partial charge in [0, 0.05) is 13.6 Å². The molecule has 0 heterocycles. The van der Waals surface area contributed by atoms with E-state index in [1.165, 1.54) is 4.90 Å². The molecule has 1 aliphatic rings. The molecule has 0 aromatic carbocycles. The van der Waals surface area contributed by atoms with Crippen LogP contribution in [0.5, 0.6) is 0 Å². The number of amides is 2. The lowest BCUT2D eigenvalue weighted by Crippen LogP contribution is -2.55. The van der Waals surface area contributed by atoms with E-state index in [-0.39, 0.29) is 6.03 Å². The SMILES string of the molecule is CCN(C)C(=O)NC1(C(=O)O)CCCC1. The summed E-state index contributed by atoms with van der Waals surface area (Å²) >= 11 is 0. The van der Waals surface area contributed by atoms with Crippen LogP contribution in [0, 0.1) is 0 Å². The molecule has 0 saturated heterocycles. The van der Waals surface area contributed by atoms with Crippen LogP contribution in [0.3, 0.4) is 0 Å². The van der Waals surface area contributed by atoms with Crippen LogP contribution in [0.4, 0.5) is 4.79 Å². The third-order valence-electron chi connectivity index (χ3n) is 3.03. The molecule has 0 spiro atoms. The third kappa shape index (κ3) is 2.40. The van der Waals surface area contributed by atoms with Gasteiger partial charge in [-0.1, -0.05) is 12.8 Å². The predicted molar refractivity (Wildman–Crippen MR) is 55.7 cm³/mol. The van der Waals surface area contributed by atoms with Gasteiger partial charge in [0.25, 0.3) is 0 Å². The van der Waals surface area contributed by atoms with Crippen molar-refractivity contribution in [3.05, 3.63) is 0 Å². The summed E-state index contributed by atoms with van der Waals surface area (Å²) in [4.78, 5) is 24.2. The number of carbonyl (C=O) groups is 2. The first-order valence-electron chi connectivity index (χ1n) is 5.28. The number of hydrogen-bond acceptors (Lipinski definition) is 2. The van der Waals surface area contributed by atoms with Gasteiger partial charge in [0.05, 0.1) is 0 Å². The number of nitrogens with one attached hydrogen (secondary N) is 1. The Morgan fingerprint density at radius 1 is 1.40 bits per heavy atom. The molecule has 2 amide bonds. The Labute approximate surface area is 89.4 Å². The second-order valence-electron chi connectivity index (χ2n) is 4.04. The first kappa shape index (κ1) is 11.8. The Morgan fingerprint density at radius 3 is 2.33 bits per heavy atom. The van der Waals surface area contributed by atoms with E-state index >= 15 is 0 Å². The van der Waals surface area contributed by atoms with Gasteiger partial charge in [-0.25, -0.2) is 9.59 Å². The maximum Gasteiger partial charge on any atom is 0.329 e. The number of urea groups is 1. The van der Waals surface area contributed by atoms with E-state index in [1.54, 1.807) is 7.05 Å². The highest BCUT2D eigenvalue weighted by Gasteiger charge is 2.42. The van der Waals surface area contributed by atoms with Crippen molar-refractivity contribution in [3.8, 4) is 0 Å². The molecule has 0 radical (unpaired) electrons. The number of carboxylic acids is 1. The average Bonchev–Trinajstić information content (AvgIpc) is 2.66. The Balaban J connectivity index is 2.67. The molecule has 2 N–H and O–H groups in total. The fourth-order valence-electron chi connectivity index (χ4n) is 1.81. The van der Waals surface area contributed by atoms with Crippen molar-refractivity contribution < 1.29 is 14.7 Å². The molecule has 0 aliphatic heterocycles. The highest BCUT2D eigenvalue weighted by molar-refractivity contribution is 5.86. The summed E-state index contributed by atoms with van der Waals surface area (Å²) in [5, 5.41) is 11.8. The molecule has 1 saturated carbocycles. The third-order valence-corrected chi connectivity index (χ3v) is 3.03. The smallest absolute Gasteiger partial charge is 0.329 e. The summed E-state index contributed by atoms with van der Waals surface area (Å²) in [6, 6.07) is -0.304. The predicted octanol–water partition coefficient (Wildman–Crippen LogP) is 1.05. The number of rotatable bonds is 3. The number of hydrogen-bond donors (Lipinski definition) is 2. The van der Waals surface area contributed by atoms with Crippen LogP contribution in [0.25, 0.3) is 0 Å². The van der Waals surface area contributed by atoms with Crippen molar-refractivity contribution in [2.75, 3.05) is 13.6 Å². The van der Waals surface area contributed by atoms with Gasteiger partial charge in [-0.15, -0.1) is 0 Å². The summed E-state index contributed by atoms with van der Waals surface area (Å²) in [6.07, 6.45) is 2.79. The summed E-state index contributed by atoms with van der Waals surface area (Å²) in [7, 11) is 1.65. The molecule has 0 atom stereocenters. The molecule has 86 valence electrons. The zero-order valence-electron chi connectivity index (χ0n) is 9.25. The van der Waals surface area contributed by atoms with Gasteiger partial charge < -0.3 is 15.3 Å². The number of aliphatic carboxylic acids is 1. The molecule has 0 unspecified atom stereocenters. The highest BCUT2D eigenvalue weighted by atomic mass is 16.4. The Hall–Kier alpha value is -1.26. The normalized spacial score (nSPS) is 18.5. The van der Waals surface area contributed by atoms with E-state index in [9.17, 15) is 9.59 Å². The van der Waals surface area contributed by atoms with Crippen molar-refractivity contribution in [2.45, 2.75) is 38.1 Å². The van der Waals surface area contributed by atoms with Gasteiger partial charge in [-0.05, 0) is 19.8 Å². The number of nitrogens with zero attached hydrogens (tertiary/aromatic N) is 1. The highest BCUT2D eigenvalue weighted by Crippen LogP contribution is 2.29. The summed E-state index contributed by atoms with van der Waals surface area (Å²) in [5.41, 5.74) is -1.03. The molecule has 1 fully saturated rings. The van der Waals surface area contributed by atoms with Crippen molar-refractivity contribution in [1.82, 2.24) is 10.2 Å². The van der Waals surface area contributed by atoms with E-state index in [2.05, 4.69) is 5.32 Å². The Kier molecular flexibility index (Phi) is 3.55. The molecule has 0 bridgehead atoms. The van der Waals surface area contributed by atoms with E-state index in [0.29, 0.717) is 19.4 Å². The molecular weight excluding hydrogens is 196 g/mol. The lowest BCUT2D eigenvalue weighted by molar-refractivity contribution is -0.144. The van der Waals surface area contributed by atoms with Crippen molar-refractivity contribution in [1.29, 1.82) is 0 Å². The first-order valence-corrected chi connectivity index (χ1v) is 5.28. The first-order chi connectivity index (χ1) is 7.02. The Morgan fingerprint density at radius 2 is 1.93 bits per heavy atom. The Bertz CT molecular complexity index is 259. The zero-order valence-corrected chi connectivity index (χ0v) is 9.25. The maximum absolute atomic E-state index is 11.6. The van der Waals surface area contributed by atoms with Crippen LogP contribution in [0.2, 0.25) is 0 Å². The van der Waals surface area contributed by atoms with E-state index < -0.39 is 11.5 Å². The molecule has 5 heteroatoms. The van der Waals surface area contributed by atoms with Gasteiger partial charge in [-0.3, -0.25) is 0 Å². The van der Waals surface area contributed by atoms with Crippen LogP contribution in [0.1, 0.15) is 32.6 Å². The maximum atomic E-state index is 11.6. The minimum Gasteiger partial charge on any atom is -0.480 e. The van der Waals surface area contributed by atoms with Gasteiger partial charge in [0.2, 0.25) is 0 Å². The van der Waals surface area contributed by atoms with E-state index in [0.717, 1.165) is 12.8 Å². The summed E-state index contributed by atoms with van der Waals surface area (Å²) in [5.74, 6) is -0.919. The molecule has 0 aromatic heterocycles. The van der Waals surface area contributed by atoms with Gasteiger partial charge in [-0.2, -0.15) is 0 Å². The van der Waals surface area contributed by atoms with Gasteiger partial charge in [0.1, 0.15) is 5.54 Å². The molecule has 1 aliphatic carbocycles. The van der Waals surface area contributed by atoms with Crippen LogP contribution in [-0.4, -0.2) is 41.1 Å². The standard InChI is InChI=1S/C10H18N2O3/c1-3-12(2)9(15)11-10(8(13)14)6-4-5-7-10/h3-7H2,1-2H3,(H,11,15)(H,13,14). The second kappa shape index (κ2) is 4.51. The average molecular weight is 214 g/mol. The fourth-order valence-corrected chi connectivity index (χ4v) is 1.81. The van der Waals surface area contributed by atoms with Crippen molar-refractivity contribution in [2.24, 2.45) is 0 Å². The monoisotopic (exact) mass is 214 g/mol. The fraction of sp³-hybridized carbons (Fsp3) is 0.800. The molecule has 1 rings (SSSR count). The topological polar surface area (TPSA) is 69.6 Å². The van der Waals surface area contributed by atoms with Crippen LogP contribution in [0.15, 0.2) is 0 Å². The van der Waals surface area contributed by atoms with Crippen LogP contribution >= 0.6 is 0 Å². The quantitative estimate of drug-likeness (QED) is 0.737. The second-order valence-corrected chi connectivity index (χ2v) is 4.04.